The van der Waals surface area contributed by atoms with E-state index in [0.717, 1.165) is 5.56 Å². The quantitative estimate of drug-likeness (QED) is 0.786. The predicted octanol–water partition coefficient (Wildman–Crippen LogP) is 1.93. The first-order valence-corrected chi connectivity index (χ1v) is 4.14. The average molecular weight is 190 g/mol. The fourth-order valence-corrected chi connectivity index (χ4v) is 1.24. The van der Waals surface area contributed by atoms with Crippen LogP contribution in [0.3, 0.4) is 0 Å². The molecule has 2 rings (SSSR count). The molecule has 0 amide bonds. The van der Waals surface area contributed by atoms with Gasteiger partial charge in [-0.25, -0.2) is 4.98 Å². The molecule has 2 N–H and O–H groups in total. The van der Waals surface area contributed by atoms with E-state index in [2.05, 4.69) is 4.98 Å². The SMILES string of the molecule is COc1ncc(N)cc1-c1ccco1. The Morgan fingerprint density at radius 1 is 1.50 bits per heavy atom. The Hall–Kier alpha value is -1.97. The number of pyridine rings is 1. The Kier molecular flexibility index (Phi) is 2.10. The number of ether oxygens (including phenoxy) is 1. The second-order valence-electron chi connectivity index (χ2n) is 2.80. The zero-order valence-corrected chi connectivity index (χ0v) is 7.73. The first kappa shape index (κ1) is 8.62. The van der Waals surface area contributed by atoms with Crippen molar-refractivity contribution in [3.63, 3.8) is 0 Å². The molecule has 0 bridgehead atoms. The van der Waals surface area contributed by atoms with Gasteiger partial charge in [-0.2, -0.15) is 0 Å². The van der Waals surface area contributed by atoms with Crippen LogP contribution >= 0.6 is 0 Å². The lowest BCUT2D eigenvalue weighted by Crippen LogP contribution is -1.93. The van der Waals surface area contributed by atoms with Crippen LogP contribution in [0, 0.1) is 0 Å². The van der Waals surface area contributed by atoms with Gasteiger partial charge in [-0.05, 0) is 18.2 Å². The highest BCUT2D eigenvalue weighted by atomic mass is 16.5. The molecule has 72 valence electrons. The number of anilines is 1. The number of aromatic nitrogens is 1. The summed E-state index contributed by atoms with van der Waals surface area (Å²) in [5.41, 5.74) is 6.97. The van der Waals surface area contributed by atoms with Gasteiger partial charge in [0.2, 0.25) is 5.88 Å². The molecule has 14 heavy (non-hydrogen) atoms. The predicted molar refractivity (Wildman–Crippen MR) is 52.9 cm³/mol. The Bertz CT molecular complexity index is 424. The van der Waals surface area contributed by atoms with E-state index in [1.807, 2.05) is 6.07 Å². The van der Waals surface area contributed by atoms with Gasteiger partial charge in [-0.1, -0.05) is 0 Å². The highest BCUT2D eigenvalue weighted by molar-refractivity contribution is 5.67. The molecule has 4 nitrogen and oxygen atoms in total. The zero-order chi connectivity index (χ0) is 9.97. The van der Waals surface area contributed by atoms with Crippen molar-refractivity contribution in [3.8, 4) is 17.2 Å². The van der Waals surface area contributed by atoms with Gasteiger partial charge in [-0.15, -0.1) is 0 Å². The third-order valence-corrected chi connectivity index (χ3v) is 1.85. The molecule has 2 aromatic heterocycles. The topological polar surface area (TPSA) is 61.3 Å². The van der Waals surface area contributed by atoms with Crippen molar-refractivity contribution < 1.29 is 9.15 Å². The van der Waals surface area contributed by atoms with E-state index in [0.29, 0.717) is 17.3 Å². The number of nitrogens with two attached hydrogens (primary N) is 1. The first-order chi connectivity index (χ1) is 6.81. The van der Waals surface area contributed by atoms with E-state index in [1.165, 1.54) is 0 Å². The van der Waals surface area contributed by atoms with E-state index in [4.69, 9.17) is 14.9 Å². The summed E-state index contributed by atoms with van der Waals surface area (Å²) in [5.74, 6) is 1.20. The van der Waals surface area contributed by atoms with E-state index < -0.39 is 0 Å². The van der Waals surface area contributed by atoms with Gasteiger partial charge < -0.3 is 14.9 Å². The lowest BCUT2D eigenvalue weighted by Gasteiger charge is -2.04. The minimum Gasteiger partial charge on any atom is -0.480 e. The van der Waals surface area contributed by atoms with Gasteiger partial charge >= 0.3 is 0 Å². The van der Waals surface area contributed by atoms with Gasteiger partial charge in [0, 0.05) is 0 Å². The Morgan fingerprint density at radius 3 is 3.00 bits per heavy atom. The molecule has 0 radical (unpaired) electrons. The molecule has 0 aromatic carbocycles. The second kappa shape index (κ2) is 3.41. The summed E-state index contributed by atoms with van der Waals surface area (Å²) in [6, 6.07) is 5.40. The van der Waals surface area contributed by atoms with Gasteiger partial charge in [0.1, 0.15) is 5.76 Å². The highest BCUT2D eigenvalue weighted by Gasteiger charge is 2.09. The standard InChI is InChI=1S/C10H10N2O2/c1-13-10-8(5-7(11)6-12-10)9-3-2-4-14-9/h2-6H,11H2,1H3. The molecule has 2 aromatic rings. The van der Waals surface area contributed by atoms with E-state index in [1.54, 1.807) is 31.7 Å². The highest BCUT2D eigenvalue weighted by Crippen LogP contribution is 2.29. The maximum absolute atomic E-state index is 5.63. The number of hydrogen-bond acceptors (Lipinski definition) is 4. The van der Waals surface area contributed by atoms with Crippen molar-refractivity contribution in [2.45, 2.75) is 0 Å². The largest absolute Gasteiger partial charge is 0.480 e. The third kappa shape index (κ3) is 1.42. The monoisotopic (exact) mass is 190 g/mol. The van der Waals surface area contributed by atoms with Crippen molar-refractivity contribution in [2.75, 3.05) is 12.8 Å². The summed E-state index contributed by atoms with van der Waals surface area (Å²) in [7, 11) is 1.56. The Morgan fingerprint density at radius 2 is 2.36 bits per heavy atom. The van der Waals surface area contributed by atoms with Crippen molar-refractivity contribution in [2.24, 2.45) is 0 Å². The Labute approximate surface area is 81.3 Å². The molecule has 0 aliphatic rings. The molecule has 0 unspecified atom stereocenters. The molecule has 0 spiro atoms. The smallest absolute Gasteiger partial charge is 0.224 e. The van der Waals surface area contributed by atoms with Crippen LogP contribution in [0.2, 0.25) is 0 Å². The lowest BCUT2D eigenvalue weighted by atomic mass is 10.2. The normalized spacial score (nSPS) is 10.1. The molecule has 0 saturated heterocycles. The van der Waals surface area contributed by atoms with Crippen LogP contribution in [0.25, 0.3) is 11.3 Å². The van der Waals surface area contributed by atoms with Crippen molar-refractivity contribution >= 4 is 5.69 Å². The number of methoxy groups -OCH3 is 1. The van der Waals surface area contributed by atoms with Crippen molar-refractivity contribution in [1.29, 1.82) is 0 Å². The Balaban J connectivity index is 2.55. The molecule has 0 aliphatic heterocycles. The van der Waals surface area contributed by atoms with Crippen LogP contribution in [0.1, 0.15) is 0 Å². The van der Waals surface area contributed by atoms with Crippen molar-refractivity contribution in [1.82, 2.24) is 4.98 Å². The van der Waals surface area contributed by atoms with Gasteiger partial charge in [-0.3, -0.25) is 0 Å². The summed E-state index contributed by atoms with van der Waals surface area (Å²) in [6.07, 6.45) is 3.14. The third-order valence-electron chi connectivity index (χ3n) is 1.85. The number of rotatable bonds is 2. The summed E-state index contributed by atoms with van der Waals surface area (Å²) in [5, 5.41) is 0. The van der Waals surface area contributed by atoms with Gasteiger partial charge in [0.05, 0.1) is 30.8 Å². The van der Waals surface area contributed by atoms with Crippen LogP contribution in [-0.4, -0.2) is 12.1 Å². The first-order valence-electron chi connectivity index (χ1n) is 4.14. The summed E-state index contributed by atoms with van der Waals surface area (Å²) in [6.45, 7) is 0. The minimum atomic E-state index is 0.508. The van der Waals surface area contributed by atoms with Crippen LogP contribution < -0.4 is 10.5 Å². The molecule has 2 heterocycles. The van der Waals surface area contributed by atoms with Crippen molar-refractivity contribution in [3.05, 3.63) is 30.7 Å². The number of nitrogen functional groups attached to an aromatic ring is 1. The molecular formula is C10H10N2O2. The minimum absolute atomic E-state index is 0.508. The van der Waals surface area contributed by atoms with Crippen LogP contribution in [0.4, 0.5) is 5.69 Å². The van der Waals surface area contributed by atoms with Crippen LogP contribution in [0.15, 0.2) is 35.1 Å². The van der Waals surface area contributed by atoms with E-state index in [-0.39, 0.29) is 0 Å². The zero-order valence-electron chi connectivity index (χ0n) is 7.73. The summed E-state index contributed by atoms with van der Waals surface area (Å²) in [4.78, 5) is 4.05. The second-order valence-corrected chi connectivity index (χ2v) is 2.80. The number of furan rings is 1. The molecule has 0 saturated carbocycles. The number of nitrogens with zero attached hydrogens (tertiary/aromatic N) is 1. The maximum Gasteiger partial charge on any atom is 0.224 e. The molecule has 0 fully saturated rings. The molecule has 0 atom stereocenters. The van der Waals surface area contributed by atoms with Crippen LogP contribution in [-0.2, 0) is 0 Å². The van der Waals surface area contributed by atoms with Crippen LogP contribution in [0.5, 0.6) is 5.88 Å². The molecule has 0 aliphatic carbocycles. The molecular weight excluding hydrogens is 180 g/mol. The van der Waals surface area contributed by atoms with Gasteiger partial charge in [0.25, 0.3) is 0 Å². The fraction of sp³-hybridized carbons (Fsp3) is 0.100. The maximum atomic E-state index is 5.63. The fourth-order valence-electron chi connectivity index (χ4n) is 1.24. The summed E-state index contributed by atoms with van der Waals surface area (Å²) >= 11 is 0. The molecule has 4 heteroatoms. The van der Waals surface area contributed by atoms with E-state index >= 15 is 0 Å². The average Bonchev–Trinajstić information content (AvgIpc) is 2.70. The number of hydrogen-bond donors (Lipinski definition) is 1. The summed E-state index contributed by atoms with van der Waals surface area (Å²) < 4.78 is 10.3. The van der Waals surface area contributed by atoms with Gasteiger partial charge in [0.15, 0.2) is 0 Å². The lowest BCUT2D eigenvalue weighted by molar-refractivity contribution is 0.398. The van der Waals surface area contributed by atoms with E-state index in [9.17, 15) is 0 Å².